The van der Waals surface area contributed by atoms with E-state index in [0.717, 1.165) is 29.7 Å². The molecule has 0 atom stereocenters. The van der Waals surface area contributed by atoms with Gasteiger partial charge in [-0.2, -0.15) is 0 Å². The van der Waals surface area contributed by atoms with Crippen LogP contribution in [0.2, 0.25) is 0 Å². The van der Waals surface area contributed by atoms with Crippen molar-refractivity contribution in [2.45, 2.75) is 19.4 Å². The first kappa shape index (κ1) is 18.7. The molecule has 29 heavy (non-hydrogen) atoms. The van der Waals surface area contributed by atoms with E-state index in [2.05, 4.69) is 17.4 Å². The van der Waals surface area contributed by atoms with Gasteiger partial charge < -0.3 is 14.6 Å². The molecule has 0 bridgehead atoms. The van der Waals surface area contributed by atoms with E-state index in [-0.39, 0.29) is 12.5 Å². The van der Waals surface area contributed by atoms with E-state index in [1.54, 1.807) is 13.2 Å². The van der Waals surface area contributed by atoms with Crippen molar-refractivity contribution < 1.29 is 9.53 Å². The molecule has 0 aliphatic heterocycles. The Hall–Kier alpha value is -3.60. The lowest BCUT2D eigenvalue weighted by Gasteiger charge is -2.11. The molecule has 0 saturated heterocycles. The second-order valence-electron chi connectivity index (χ2n) is 6.87. The lowest BCUT2D eigenvalue weighted by atomic mass is 10.1. The van der Waals surface area contributed by atoms with Gasteiger partial charge in [-0.3, -0.25) is 4.79 Å². The fourth-order valence-electron chi connectivity index (χ4n) is 3.44. The number of rotatable bonds is 7. The summed E-state index contributed by atoms with van der Waals surface area (Å²) in [7, 11) is 1.61. The molecule has 5 nitrogen and oxygen atoms in total. The van der Waals surface area contributed by atoms with Crippen LogP contribution >= 0.6 is 0 Å². The van der Waals surface area contributed by atoms with E-state index in [9.17, 15) is 4.79 Å². The highest BCUT2D eigenvalue weighted by molar-refractivity contribution is 5.92. The Bertz CT molecular complexity index is 1120. The van der Waals surface area contributed by atoms with E-state index in [1.807, 2.05) is 65.2 Å². The van der Waals surface area contributed by atoms with Crippen LogP contribution < -0.4 is 10.1 Å². The SMILES string of the molecule is COc1cccc(NC(=O)Cn2c(CCc3ccccc3)nc3ccccc32)c1. The van der Waals surface area contributed by atoms with Crippen LogP contribution in [0.3, 0.4) is 0 Å². The molecule has 4 rings (SSSR count). The van der Waals surface area contributed by atoms with E-state index in [1.165, 1.54) is 5.56 Å². The first-order valence-electron chi connectivity index (χ1n) is 9.65. The van der Waals surface area contributed by atoms with Crippen LogP contribution in [0.15, 0.2) is 78.9 Å². The lowest BCUT2D eigenvalue weighted by molar-refractivity contribution is -0.116. The van der Waals surface area contributed by atoms with E-state index in [0.29, 0.717) is 11.4 Å². The van der Waals surface area contributed by atoms with Crippen molar-refractivity contribution in [1.82, 2.24) is 9.55 Å². The van der Waals surface area contributed by atoms with Gasteiger partial charge in [-0.05, 0) is 36.2 Å². The highest BCUT2D eigenvalue weighted by Gasteiger charge is 2.14. The first-order chi connectivity index (χ1) is 14.2. The number of carbonyl (C=O) groups is 1. The fraction of sp³-hybridized carbons (Fsp3) is 0.167. The molecule has 0 aliphatic rings. The summed E-state index contributed by atoms with van der Waals surface area (Å²) >= 11 is 0. The van der Waals surface area contributed by atoms with Crippen molar-refractivity contribution in [1.29, 1.82) is 0 Å². The predicted molar refractivity (Wildman–Crippen MR) is 115 cm³/mol. The quantitative estimate of drug-likeness (QED) is 0.511. The summed E-state index contributed by atoms with van der Waals surface area (Å²) in [6.45, 7) is 0.210. The molecular weight excluding hydrogens is 362 g/mol. The van der Waals surface area contributed by atoms with Crippen molar-refractivity contribution in [3.05, 3.63) is 90.3 Å². The number of aryl methyl sites for hydroxylation is 2. The van der Waals surface area contributed by atoms with Crippen LogP contribution in [0.5, 0.6) is 5.75 Å². The smallest absolute Gasteiger partial charge is 0.244 e. The summed E-state index contributed by atoms with van der Waals surface area (Å²) in [5.74, 6) is 1.53. The minimum absolute atomic E-state index is 0.0950. The highest BCUT2D eigenvalue weighted by Crippen LogP contribution is 2.19. The normalized spacial score (nSPS) is 10.8. The Morgan fingerprint density at radius 1 is 0.966 bits per heavy atom. The van der Waals surface area contributed by atoms with E-state index < -0.39 is 0 Å². The molecule has 146 valence electrons. The molecule has 5 heteroatoms. The summed E-state index contributed by atoms with van der Waals surface area (Å²) in [4.78, 5) is 17.5. The summed E-state index contributed by atoms with van der Waals surface area (Å²) in [5, 5.41) is 2.95. The number of para-hydroxylation sites is 2. The Morgan fingerprint density at radius 3 is 2.59 bits per heavy atom. The third-order valence-corrected chi connectivity index (χ3v) is 4.87. The van der Waals surface area contributed by atoms with Gasteiger partial charge in [0.2, 0.25) is 5.91 Å². The molecule has 1 amide bonds. The molecular formula is C24H23N3O2. The van der Waals surface area contributed by atoms with Crippen LogP contribution in [-0.2, 0) is 24.2 Å². The monoisotopic (exact) mass is 385 g/mol. The van der Waals surface area contributed by atoms with E-state index in [4.69, 9.17) is 9.72 Å². The van der Waals surface area contributed by atoms with Gasteiger partial charge in [0, 0.05) is 18.2 Å². The number of hydrogen-bond donors (Lipinski definition) is 1. The highest BCUT2D eigenvalue weighted by atomic mass is 16.5. The van der Waals surface area contributed by atoms with Gasteiger partial charge >= 0.3 is 0 Å². The zero-order valence-electron chi connectivity index (χ0n) is 16.3. The molecule has 1 N–H and O–H groups in total. The molecule has 1 aromatic heterocycles. The standard InChI is InChI=1S/C24H23N3O2/c1-29-20-11-7-10-19(16-20)25-24(28)17-27-22-13-6-5-12-21(22)26-23(27)15-14-18-8-3-2-4-9-18/h2-13,16H,14-15,17H2,1H3,(H,25,28). The molecule has 0 spiro atoms. The number of benzene rings is 3. The maximum Gasteiger partial charge on any atom is 0.244 e. The summed E-state index contributed by atoms with van der Waals surface area (Å²) in [5.41, 5.74) is 3.85. The average molecular weight is 385 g/mol. The summed E-state index contributed by atoms with van der Waals surface area (Å²) in [6, 6.07) is 25.6. The van der Waals surface area contributed by atoms with Gasteiger partial charge in [-0.1, -0.05) is 48.5 Å². The van der Waals surface area contributed by atoms with Gasteiger partial charge in [0.15, 0.2) is 0 Å². The molecule has 3 aromatic carbocycles. The number of aromatic nitrogens is 2. The molecule has 0 unspecified atom stereocenters. The van der Waals surface area contributed by atoms with E-state index >= 15 is 0 Å². The van der Waals surface area contributed by atoms with Crippen LogP contribution in [0.25, 0.3) is 11.0 Å². The van der Waals surface area contributed by atoms with Gasteiger partial charge in [0.1, 0.15) is 18.1 Å². The largest absolute Gasteiger partial charge is 0.497 e. The van der Waals surface area contributed by atoms with Crippen LogP contribution in [0, 0.1) is 0 Å². The number of methoxy groups -OCH3 is 1. The predicted octanol–water partition coefficient (Wildman–Crippen LogP) is 4.47. The number of ether oxygens (including phenoxy) is 1. The van der Waals surface area contributed by atoms with Gasteiger partial charge in [-0.25, -0.2) is 4.98 Å². The summed E-state index contributed by atoms with van der Waals surface area (Å²) in [6.07, 6.45) is 1.65. The van der Waals surface area contributed by atoms with Crippen LogP contribution in [0.4, 0.5) is 5.69 Å². The lowest BCUT2D eigenvalue weighted by Crippen LogP contribution is -2.20. The van der Waals surface area contributed by atoms with Gasteiger partial charge in [0.25, 0.3) is 0 Å². The number of imidazole rings is 1. The summed E-state index contributed by atoms with van der Waals surface area (Å²) < 4.78 is 7.23. The second-order valence-corrected chi connectivity index (χ2v) is 6.87. The molecule has 0 fully saturated rings. The number of fused-ring (bicyclic) bond motifs is 1. The molecule has 4 aromatic rings. The van der Waals surface area contributed by atoms with Crippen molar-refractivity contribution in [3.63, 3.8) is 0 Å². The number of nitrogens with zero attached hydrogens (tertiary/aromatic N) is 2. The number of amides is 1. The minimum atomic E-state index is -0.0950. The van der Waals surface area contributed by atoms with Gasteiger partial charge in [0.05, 0.1) is 18.1 Å². The zero-order valence-corrected chi connectivity index (χ0v) is 16.3. The van der Waals surface area contributed by atoms with Crippen LogP contribution in [0.1, 0.15) is 11.4 Å². The Kier molecular flexibility index (Phi) is 5.56. The van der Waals surface area contributed by atoms with Crippen molar-refractivity contribution in [3.8, 4) is 5.75 Å². The third kappa shape index (κ3) is 4.46. The van der Waals surface area contributed by atoms with Crippen molar-refractivity contribution in [2.24, 2.45) is 0 Å². The molecule has 0 aliphatic carbocycles. The molecule has 1 heterocycles. The first-order valence-corrected chi connectivity index (χ1v) is 9.65. The van der Waals surface area contributed by atoms with Crippen LogP contribution in [-0.4, -0.2) is 22.6 Å². The molecule has 0 radical (unpaired) electrons. The van der Waals surface area contributed by atoms with Gasteiger partial charge in [-0.15, -0.1) is 0 Å². The number of anilines is 1. The van der Waals surface area contributed by atoms with Crippen molar-refractivity contribution >= 4 is 22.6 Å². The number of hydrogen-bond acceptors (Lipinski definition) is 3. The second kappa shape index (κ2) is 8.61. The third-order valence-electron chi connectivity index (χ3n) is 4.87. The zero-order chi connectivity index (χ0) is 20.1. The fourth-order valence-corrected chi connectivity index (χ4v) is 3.44. The number of nitrogens with one attached hydrogen (secondary N) is 1. The maximum absolute atomic E-state index is 12.7. The Morgan fingerprint density at radius 2 is 1.76 bits per heavy atom. The topological polar surface area (TPSA) is 56.1 Å². The molecule has 0 saturated carbocycles. The maximum atomic E-state index is 12.7. The number of carbonyl (C=O) groups excluding carboxylic acids is 1. The Labute approximate surface area is 170 Å². The average Bonchev–Trinajstić information content (AvgIpc) is 3.10. The Balaban J connectivity index is 1.55. The van der Waals surface area contributed by atoms with Crippen molar-refractivity contribution in [2.75, 3.05) is 12.4 Å². The minimum Gasteiger partial charge on any atom is -0.497 e.